The monoisotopic (exact) mass is 432 g/mol. The Hall–Kier alpha value is -3.17. The predicted octanol–water partition coefficient (Wildman–Crippen LogP) is 5.97. The minimum atomic E-state index is -0.736. The summed E-state index contributed by atoms with van der Waals surface area (Å²) < 4.78 is 5.74. The molecule has 0 bridgehead atoms. The summed E-state index contributed by atoms with van der Waals surface area (Å²) in [4.78, 5) is 16.9. The number of benzene rings is 2. The second-order valence-electron chi connectivity index (χ2n) is 7.98. The first-order valence-electron chi connectivity index (χ1n) is 10.4. The average molecular weight is 433 g/mol. The molecule has 0 spiro atoms. The number of hydrogen-bond acceptors (Lipinski definition) is 5. The van der Waals surface area contributed by atoms with Crippen molar-refractivity contribution in [1.29, 1.82) is 5.26 Å². The van der Waals surface area contributed by atoms with E-state index in [4.69, 9.17) is 15.1 Å². The Labute approximate surface area is 186 Å². The Morgan fingerprint density at radius 1 is 1.32 bits per heavy atom. The van der Waals surface area contributed by atoms with Crippen LogP contribution in [0.25, 0.3) is 21.0 Å². The molecule has 2 atom stereocenters. The third kappa shape index (κ3) is 4.47. The summed E-state index contributed by atoms with van der Waals surface area (Å²) in [5.41, 5.74) is 5.87. The van der Waals surface area contributed by atoms with Crippen LogP contribution in [0.1, 0.15) is 48.8 Å². The first-order chi connectivity index (χ1) is 15.0. The number of aromatic nitrogens is 1. The van der Waals surface area contributed by atoms with Gasteiger partial charge in [-0.05, 0) is 79.1 Å². The van der Waals surface area contributed by atoms with Crippen LogP contribution in [0, 0.1) is 18.3 Å². The van der Waals surface area contributed by atoms with Gasteiger partial charge in [-0.1, -0.05) is 12.1 Å². The van der Waals surface area contributed by atoms with E-state index in [2.05, 4.69) is 30.1 Å². The summed E-state index contributed by atoms with van der Waals surface area (Å²) in [6.45, 7) is 4.00. The number of nitriles is 1. The number of fused-ring (bicyclic) bond motifs is 1. The molecular formula is C25H24N2O3S. The summed E-state index contributed by atoms with van der Waals surface area (Å²) >= 11 is 1.65. The molecule has 158 valence electrons. The molecular weight excluding hydrogens is 408 g/mol. The van der Waals surface area contributed by atoms with E-state index in [0.717, 1.165) is 39.6 Å². The van der Waals surface area contributed by atoms with Crippen LogP contribution < -0.4 is 4.74 Å². The van der Waals surface area contributed by atoms with Crippen LogP contribution in [-0.2, 0) is 11.2 Å². The Kier molecular flexibility index (Phi) is 6.06. The SMILES string of the molecule is Cc1c(-c2ncc(-c3ccc(OC(C)CC#N)cc3)s2)ccc2c1CCC2CC(=O)O. The fourth-order valence-electron chi connectivity index (χ4n) is 4.25. The van der Waals surface area contributed by atoms with E-state index < -0.39 is 5.97 Å². The third-order valence-electron chi connectivity index (χ3n) is 5.83. The molecule has 0 amide bonds. The first kappa shape index (κ1) is 21.1. The van der Waals surface area contributed by atoms with Crippen molar-refractivity contribution in [2.24, 2.45) is 0 Å². The minimum absolute atomic E-state index is 0.115. The van der Waals surface area contributed by atoms with Crippen LogP contribution in [0.4, 0.5) is 0 Å². The summed E-state index contributed by atoms with van der Waals surface area (Å²) in [6.07, 6.45) is 4.14. The molecule has 4 rings (SSSR count). The number of carboxylic acid groups (broad SMARTS) is 1. The van der Waals surface area contributed by atoms with Gasteiger partial charge in [-0.25, -0.2) is 4.98 Å². The highest BCUT2D eigenvalue weighted by Crippen LogP contribution is 2.42. The van der Waals surface area contributed by atoms with Gasteiger partial charge in [0.1, 0.15) is 16.9 Å². The molecule has 1 N–H and O–H groups in total. The molecule has 31 heavy (non-hydrogen) atoms. The van der Waals surface area contributed by atoms with E-state index in [1.54, 1.807) is 11.3 Å². The predicted molar refractivity (Wildman–Crippen MR) is 121 cm³/mol. The maximum absolute atomic E-state index is 11.1. The van der Waals surface area contributed by atoms with Crippen molar-refractivity contribution in [3.8, 4) is 32.8 Å². The third-order valence-corrected chi connectivity index (χ3v) is 6.91. The van der Waals surface area contributed by atoms with Gasteiger partial charge in [-0.2, -0.15) is 5.26 Å². The molecule has 3 aromatic rings. The maximum atomic E-state index is 11.1. The van der Waals surface area contributed by atoms with E-state index in [0.29, 0.717) is 6.42 Å². The topological polar surface area (TPSA) is 83.2 Å². The minimum Gasteiger partial charge on any atom is -0.490 e. The van der Waals surface area contributed by atoms with Crippen molar-refractivity contribution in [1.82, 2.24) is 4.98 Å². The molecule has 5 nitrogen and oxygen atoms in total. The van der Waals surface area contributed by atoms with E-state index in [1.165, 1.54) is 16.7 Å². The highest BCUT2D eigenvalue weighted by molar-refractivity contribution is 7.18. The highest BCUT2D eigenvalue weighted by atomic mass is 32.1. The van der Waals surface area contributed by atoms with E-state index in [9.17, 15) is 4.79 Å². The maximum Gasteiger partial charge on any atom is 0.303 e. The molecule has 0 saturated heterocycles. The van der Waals surface area contributed by atoms with Crippen LogP contribution >= 0.6 is 11.3 Å². The molecule has 1 heterocycles. The van der Waals surface area contributed by atoms with Crippen LogP contribution in [0.3, 0.4) is 0 Å². The summed E-state index contributed by atoms with van der Waals surface area (Å²) in [7, 11) is 0. The summed E-state index contributed by atoms with van der Waals surface area (Å²) in [5.74, 6) is 0.130. The fraction of sp³-hybridized carbons (Fsp3) is 0.320. The molecule has 1 aliphatic rings. The smallest absolute Gasteiger partial charge is 0.303 e. The number of rotatable bonds is 7. The zero-order valence-corrected chi connectivity index (χ0v) is 18.4. The zero-order chi connectivity index (χ0) is 22.0. The van der Waals surface area contributed by atoms with Crippen molar-refractivity contribution in [2.75, 3.05) is 0 Å². The van der Waals surface area contributed by atoms with Gasteiger partial charge in [0, 0.05) is 11.8 Å². The van der Waals surface area contributed by atoms with Gasteiger partial charge in [0.25, 0.3) is 0 Å². The highest BCUT2D eigenvalue weighted by Gasteiger charge is 2.27. The number of thiazole rings is 1. The Morgan fingerprint density at radius 2 is 2.10 bits per heavy atom. The first-order valence-corrected chi connectivity index (χ1v) is 11.2. The molecule has 0 aliphatic heterocycles. The molecule has 2 aromatic carbocycles. The van der Waals surface area contributed by atoms with E-state index >= 15 is 0 Å². The normalized spacial score (nSPS) is 15.8. The van der Waals surface area contributed by atoms with E-state index in [-0.39, 0.29) is 18.4 Å². The second kappa shape index (κ2) is 8.91. The van der Waals surface area contributed by atoms with Crippen molar-refractivity contribution >= 4 is 17.3 Å². The molecule has 0 radical (unpaired) electrons. The number of carbonyl (C=O) groups is 1. The zero-order valence-electron chi connectivity index (χ0n) is 17.6. The molecule has 1 aliphatic carbocycles. The lowest BCUT2D eigenvalue weighted by molar-refractivity contribution is -0.137. The number of hydrogen-bond donors (Lipinski definition) is 1. The number of ether oxygens (including phenoxy) is 1. The number of aliphatic carboxylic acids is 1. The van der Waals surface area contributed by atoms with Crippen molar-refractivity contribution in [3.63, 3.8) is 0 Å². The van der Waals surface area contributed by atoms with Gasteiger partial charge in [0.05, 0.1) is 23.8 Å². The lowest BCUT2D eigenvalue weighted by Gasteiger charge is -2.12. The second-order valence-corrected chi connectivity index (χ2v) is 9.01. The summed E-state index contributed by atoms with van der Waals surface area (Å²) in [5, 5.41) is 18.9. The Morgan fingerprint density at radius 3 is 2.81 bits per heavy atom. The summed E-state index contributed by atoms with van der Waals surface area (Å²) in [6, 6.07) is 14.2. The van der Waals surface area contributed by atoms with Crippen LogP contribution in [0.2, 0.25) is 0 Å². The quantitative estimate of drug-likeness (QED) is 0.497. The largest absolute Gasteiger partial charge is 0.490 e. The number of carboxylic acids is 1. The molecule has 0 fully saturated rings. The van der Waals surface area contributed by atoms with Crippen molar-refractivity contribution in [2.45, 2.75) is 51.6 Å². The molecule has 1 aromatic heterocycles. The van der Waals surface area contributed by atoms with Gasteiger partial charge >= 0.3 is 5.97 Å². The Bertz CT molecular complexity index is 1140. The van der Waals surface area contributed by atoms with Gasteiger partial charge in [0.15, 0.2) is 0 Å². The Balaban J connectivity index is 1.54. The lowest BCUT2D eigenvalue weighted by atomic mass is 9.94. The fourth-order valence-corrected chi connectivity index (χ4v) is 5.26. The van der Waals surface area contributed by atoms with E-state index in [1.807, 2.05) is 37.4 Å². The van der Waals surface area contributed by atoms with Gasteiger partial charge in [-0.15, -0.1) is 11.3 Å². The van der Waals surface area contributed by atoms with Gasteiger partial charge < -0.3 is 9.84 Å². The lowest BCUT2D eigenvalue weighted by Crippen LogP contribution is -2.10. The standard InChI is InChI=1S/C25H24N2O3S/c1-15(11-12-26)30-19-6-3-17(4-7-19)23-14-27-25(31-23)21-9-10-22-18(13-24(28)29)5-8-20(22)16(21)2/h3-4,6-7,9-10,14-15,18H,5,8,11,13H2,1-2H3,(H,28,29). The van der Waals surface area contributed by atoms with Gasteiger partial charge in [-0.3, -0.25) is 4.79 Å². The van der Waals surface area contributed by atoms with Crippen LogP contribution in [0.5, 0.6) is 5.75 Å². The van der Waals surface area contributed by atoms with Crippen molar-refractivity contribution < 1.29 is 14.6 Å². The molecule has 2 unspecified atom stereocenters. The van der Waals surface area contributed by atoms with Crippen LogP contribution in [-0.4, -0.2) is 22.2 Å². The molecule has 0 saturated carbocycles. The van der Waals surface area contributed by atoms with Gasteiger partial charge in [0.2, 0.25) is 0 Å². The number of nitrogens with zero attached hydrogens (tertiary/aromatic N) is 2. The average Bonchev–Trinajstić information content (AvgIpc) is 3.37. The van der Waals surface area contributed by atoms with Crippen molar-refractivity contribution in [3.05, 3.63) is 59.3 Å². The van der Waals surface area contributed by atoms with Crippen LogP contribution in [0.15, 0.2) is 42.6 Å². The molecule has 6 heteroatoms.